The smallest absolute Gasteiger partial charge is 0.258 e. The van der Waals surface area contributed by atoms with Gasteiger partial charge in [-0.3, -0.25) is 4.79 Å². The highest BCUT2D eigenvalue weighted by Crippen LogP contribution is 2.21. The van der Waals surface area contributed by atoms with Crippen molar-refractivity contribution < 1.29 is 22.7 Å². The molecule has 1 aliphatic heterocycles. The Kier molecular flexibility index (Phi) is 7.09. The van der Waals surface area contributed by atoms with E-state index in [-0.39, 0.29) is 29.6 Å². The number of benzene rings is 1. The highest BCUT2D eigenvalue weighted by Gasteiger charge is 2.22. The van der Waals surface area contributed by atoms with Crippen molar-refractivity contribution in [2.75, 3.05) is 19.8 Å². The maximum atomic E-state index is 12.5. The molecule has 1 saturated heterocycles. The largest absolute Gasteiger partial charge is 0.484 e. The highest BCUT2D eigenvalue weighted by molar-refractivity contribution is 7.89. The summed E-state index contributed by atoms with van der Waals surface area (Å²) >= 11 is 0. The van der Waals surface area contributed by atoms with Crippen molar-refractivity contribution >= 4 is 15.9 Å². The lowest BCUT2D eigenvalue weighted by molar-refractivity contribution is -0.123. The zero-order chi connectivity index (χ0) is 19.1. The van der Waals surface area contributed by atoms with Gasteiger partial charge in [0, 0.05) is 19.2 Å². The van der Waals surface area contributed by atoms with Gasteiger partial charge in [0.15, 0.2) is 6.61 Å². The minimum Gasteiger partial charge on any atom is -0.484 e. The van der Waals surface area contributed by atoms with Crippen LogP contribution < -0.4 is 14.8 Å². The first-order chi connectivity index (χ1) is 13.0. The van der Waals surface area contributed by atoms with E-state index in [1.807, 2.05) is 0 Å². The minimum absolute atomic E-state index is 0.0206. The number of carbonyl (C=O) groups excluding carboxylic acids is 1. The number of ether oxygens (including phenoxy) is 2. The summed E-state index contributed by atoms with van der Waals surface area (Å²) in [6, 6.07) is 6.17. The van der Waals surface area contributed by atoms with E-state index in [0.29, 0.717) is 12.3 Å². The zero-order valence-corrected chi connectivity index (χ0v) is 16.3. The van der Waals surface area contributed by atoms with E-state index in [1.54, 1.807) is 12.1 Å². The molecule has 1 amide bonds. The predicted octanol–water partition coefficient (Wildman–Crippen LogP) is 1.97. The summed E-state index contributed by atoms with van der Waals surface area (Å²) in [5.41, 5.74) is 0. The van der Waals surface area contributed by atoms with E-state index in [1.165, 1.54) is 18.6 Å². The molecule has 1 aromatic rings. The number of nitrogens with one attached hydrogen (secondary N) is 2. The van der Waals surface area contributed by atoms with E-state index in [0.717, 1.165) is 45.1 Å². The Morgan fingerprint density at radius 3 is 2.48 bits per heavy atom. The van der Waals surface area contributed by atoms with Crippen molar-refractivity contribution in [3.8, 4) is 5.75 Å². The zero-order valence-electron chi connectivity index (χ0n) is 15.5. The van der Waals surface area contributed by atoms with Crippen LogP contribution in [0.15, 0.2) is 29.2 Å². The van der Waals surface area contributed by atoms with Gasteiger partial charge in [0.05, 0.1) is 11.0 Å². The molecule has 8 heteroatoms. The van der Waals surface area contributed by atoms with Gasteiger partial charge in [-0.05, 0) is 49.9 Å². The lowest BCUT2D eigenvalue weighted by atomic mass is 9.96. The first-order valence-corrected chi connectivity index (χ1v) is 11.1. The van der Waals surface area contributed by atoms with E-state index in [4.69, 9.17) is 9.47 Å². The summed E-state index contributed by atoms with van der Waals surface area (Å²) in [4.78, 5) is 12.0. The number of amides is 1. The predicted molar refractivity (Wildman–Crippen MR) is 101 cm³/mol. The Morgan fingerprint density at radius 2 is 1.81 bits per heavy atom. The van der Waals surface area contributed by atoms with Gasteiger partial charge in [0.1, 0.15) is 5.75 Å². The second-order valence-corrected chi connectivity index (χ2v) is 8.87. The van der Waals surface area contributed by atoms with Crippen LogP contribution in [0.3, 0.4) is 0 Å². The molecule has 3 rings (SSSR count). The third kappa shape index (κ3) is 6.19. The van der Waals surface area contributed by atoms with E-state index < -0.39 is 10.0 Å². The molecule has 2 aliphatic rings. The third-order valence-corrected chi connectivity index (χ3v) is 6.52. The maximum Gasteiger partial charge on any atom is 0.258 e. The molecule has 1 atom stereocenters. The molecule has 0 spiro atoms. The summed E-state index contributed by atoms with van der Waals surface area (Å²) in [6.45, 7) is 1.13. The minimum atomic E-state index is -3.52. The molecule has 1 aromatic carbocycles. The van der Waals surface area contributed by atoms with Gasteiger partial charge < -0.3 is 14.8 Å². The highest BCUT2D eigenvalue weighted by atomic mass is 32.2. The van der Waals surface area contributed by atoms with Crippen molar-refractivity contribution in [1.29, 1.82) is 0 Å². The normalized spacial score (nSPS) is 21.1. The lowest BCUT2D eigenvalue weighted by Crippen LogP contribution is -2.36. The average Bonchev–Trinajstić information content (AvgIpc) is 3.19. The van der Waals surface area contributed by atoms with Crippen LogP contribution in [0.2, 0.25) is 0 Å². The van der Waals surface area contributed by atoms with Gasteiger partial charge in [-0.15, -0.1) is 0 Å². The molecule has 1 saturated carbocycles. The van der Waals surface area contributed by atoms with Crippen molar-refractivity contribution in [3.63, 3.8) is 0 Å². The van der Waals surface area contributed by atoms with Crippen molar-refractivity contribution in [3.05, 3.63) is 24.3 Å². The fourth-order valence-electron chi connectivity index (χ4n) is 3.46. The third-order valence-electron chi connectivity index (χ3n) is 4.98. The molecule has 2 fully saturated rings. The Bertz CT molecular complexity index is 708. The summed E-state index contributed by atoms with van der Waals surface area (Å²) in [5.74, 6) is 0.236. The molecule has 0 radical (unpaired) electrons. The maximum absolute atomic E-state index is 12.5. The Labute approximate surface area is 160 Å². The standard InChI is InChI=1S/C19H28N2O5S/c22-19(20-13-17-7-4-12-25-17)14-26-16-8-10-18(11-9-16)27(23,24)21-15-5-2-1-3-6-15/h8-11,15,17,21H,1-7,12-14H2,(H,20,22)/t17-/m0/s1. The Morgan fingerprint density at radius 1 is 1.07 bits per heavy atom. The topological polar surface area (TPSA) is 93.7 Å². The monoisotopic (exact) mass is 396 g/mol. The van der Waals surface area contributed by atoms with Crippen LogP contribution in [0.5, 0.6) is 5.75 Å². The molecule has 0 bridgehead atoms. The van der Waals surface area contributed by atoms with Gasteiger partial charge in [-0.25, -0.2) is 13.1 Å². The van der Waals surface area contributed by atoms with Gasteiger partial charge in [-0.1, -0.05) is 19.3 Å². The molecular weight excluding hydrogens is 368 g/mol. The van der Waals surface area contributed by atoms with Gasteiger partial charge >= 0.3 is 0 Å². The van der Waals surface area contributed by atoms with E-state index in [2.05, 4.69) is 10.0 Å². The molecule has 1 aliphatic carbocycles. The summed E-state index contributed by atoms with van der Waals surface area (Å²) in [6.07, 6.45) is 7.17. The van der Waals surface area contributed by atoms with Crippen LogP contribution in [0, 0.1) is 0 Å². The number of hydrogen-bond acceptors (Lipinski definition) is 5. The van der Waals surface area contributed by atoms with Crippen LogP contribution in [-0.2, 0) is 19.6 Å². The van der Waals surface area contributed by atoms with E-state index >= 15 is 0 Å². The molecular formula is C19H28N2O5S. The number of sulfonamides is 1. The number of hydrogen-bond donors (Lipinski definition) is 2. The SMILES string of the molecule is O=C(COc1ccc(S(=O)(=O)NC2CCCCC2)cc1)NC[C@@H]1CCCO1. The average molecular weight is 397 g/mol. The summed E-state index contributed by atoms with van der Waals surface area (Å²) < 4.78 is 38.6. The second-order valence-electron chi connectivity index (χ2n) is 7.16. The van der Waals surface area contributed by atoms with Crippen LogP contribution >= 0.6 is 0 Å². The lowest BCUT2D eigenvalue weighted by Gasteiger charge is -2.22. The van der Waals surface area contributed by atoms with Gasteiger partial charge in [-0.2, -0.15) is 0 Å². The first kappa shape index (κ1) is 20.1. The molecule has 0 unspecified atom stereocenters. The molecule has 2 N–H and O–H groups in total. The van der Waals surface area contributed by atoms with Gasteiger partial charge in [0.2, 0.25) is 10.0 Å². The van der Waals surface area contributed by atoms with E-state index in [9.17, 15) is 13.2 Å². The first-order valence-electron chi connectivity index (χ1n) is 9.66. The fourth-order valence-corrected chi connectivity index (χ4v) is 4.76. The molecule has 1 heterocycles. The van der Waals surface area contributed by atoms with Crippen LogP contribution in [0.4, 0.5) is 0 Å². The Hall–Kier alpha value is -1.64. The molecule has 0 aromatic heterocycles. The van der Waals surface area contributed by atoms with Gasteiger partial charge in [0.25, 0.3) is 5.91 Å². The van der Waals surface area contributed by atoms with Crippen LogP contribution in [0.1, 0.15) is 44.9 Å². The van der Waals surface area contributed by atoms with Crippen LogP contribution in [0.25, 0.3) is 0 Å². The summed E-state index contributed by atoms with van der Waals surface area (Å²) in [7, 11) is -3.52. The molecule has 7 nitrogen and oxygen atoms in total. The number of carbonyl (C=O) groups is 1. The Balaban J connectivity index is 1.45. The summed E-state index contributed by atoms with van der Waals surface area (Å²) in [5, 5.41) is 2.78. The molecule has 27 heavy (non-hydrogen) atoms. The second kappa shape index (κ2) is 9.52. The quantitative estimate of drug-likeness (QED) is 0.701. The van der Waals surface area contributed by atoms with Crippen LogP contribution in [-0.4, -0.2) is 46.2 Å². The van der Waals surface area contributed by atoms with Crippen molar-refractivity contribution in [2.45, 2.75) is 62.0 Å². The van der Waals surface area contributed by atoms with Crippen molar-refractivity contribution in [1.82, 2.24) is 10.0 Å². The number of rotatable bonds is 8. The fraction of sp³-hybridized carbons (Fsp3) is 0.632. The van der Waals surface area contributed by atoms with Crippen molar-refractivity contribution in [2.24, 2.45) is 0 Å². The molecule has 150 valence electrons.